The van der Waals surface area contributed by atoms with Crippen LogP contribution in [0.2, 0.25) is 0 Å². The maximum Gasteiger partial charge on any atom is 0.306 e. The monoisotopic (exact) mass is 304 g/mol. The van der Waals surface area contributed by atoms with E-state index in [1.165, 1.54) is 32.1 Å². The van der Waals surface area contributed by atoms with Gasteiger partial charge in [0.25, 0.3) is 0 Å². The van der Waals surface area contributed by atoms with Crippen molar-refractivity contribution in [3.8, 4) is 0 Å². The molecule has 0 radical (unpaired) electrons. The fourth-order valence-electron chi connectivity index (χ4n) is 2.85. The molecule has 122 valence electrons. The van der Waals surface area contributed by atoms with E-state index < -0.39 is 0 Å². The van der Waals surface area contributed by atoms with Crippen molar-refractivity contribution in [3.05, 3.63) is 36.3 Å². The van der Waals surface area contributed by atoms with E-state index in [1.54, 1.807) is 6.26 Å². The van der Waals surface area contributed by atoms with Gasteiger partial charge < -0.3 is 9.15 Å². The molecule has 2 heterocycles. The Hall–Kier alpha value is -1.51. The van der Waals surface area contributed by atoms with E-state index in [4.69, 9.17) is 9.15 Å². The summed E-state index contributed by atoms with van der Waals surface area (Å²) >= 11 is 0. The summed E-state index contributed by atoms with van der Waals surface area (Å²) in [5.41, 5.74) is 0. The molecule has 0 aromatic carbocycles. The third-order valence-corrected chi connectivity index (χ3v) is 4.14. The summed E-state index contributed by atoms with van der Waals surface area (Å²) < 4.78 is 11.1. The SMILES string of the molecule is O=C1CCCCCCCC/C=C\CCCC(c2ccco2)O1. The zero-order chi connectivity index (χ0) is 15.5. The standard InChI is InChI=1S/C19H28O3/c20-19-15-11-9-7-5-3-1-2-4-6-8-10-13-18(22-19)17-14-12-16-21-17/h4,6,12,14,16,18H,1-3,5,7-11,13,15H2/b6-4-. The fourth-order valence-corrected chi connectivity index (χ4v) is 2.85. The maximum absolute atomic E-state index is 12.0. The van der Waals surface area contributed by atoms with Gasteiger partial charge in [0.1, 0.15) is 5.76 Å². The quantitative estimate of drug-likeness (QED) is 0.491. The van der Waals surface area contributed by atoms with Gasteiger partial charge in [-0.1, -0.05) is 37.8 Å². The fraction of sp³-hybridized carbons (Fsp3) is 0.632. The minimum atomic E-state index is -0.233. The number of cyclic esters (lactones) is 1. The molecule has 22 heavy (non-hydrogen) atoms. The Balaban J connectivity index is 1.89. The lowest BCUT2D eigenvalue weighted by atomic mass is 10.1. The van der Waals surface area contributed by atoms with Crippen LogP contribution in [0.15, 0.2) is 35.0 Å². The van der Waals surface area contributed by atoms with Gasteiger partial charge in [0.15, 0.2) is 6.10 Å². The smallest absolute Gasteiger partial charge is 0.306 e. The molecule has 1 unspecified atom stereocenters. The highest BCUT2D eigenvalue weighted by molar-refractivity contribution is 5.69. The number of hydrogen-bond acceptors (Lipinski definition) is 3. The first-order chi connectivity index (χ1) is 10.9. The van der Waals surface area contributed by atoms with E-state index in [1.807, 2.05) is 12.1 Å². The molecule has 3 heteroatoms. The van der Waals surface area contributed by atoms with Crippen LogP contribution in [-0.2, 0) is 9.53 Å². The van der Waals surface area contributed by atoms with Crippen LogP contribution in [0.4, 0.5) is 0 Å². The van der Waals surface area contributed by atoms with E-state index in [-0.39, 0.29) is 12.1 Å². The van der Waals surface area contributed by atoms with Gasteiger partial charge in [0.05, 0.1) is 6.26 Å². The molecule has 0 N–H and O–H groups in total. The van der Waals surface area contributed by atoms with Gasteiger partial charge in [-0.2, -0.15) is 0 Å². The van der Waals surface area contributed by atoms with Crippen molar-refractivity contribution in [3.63, 3.8) is 0 Å². The minimum absolute atomic E-state index is 0.0935. The minimum Gasteiger partial charge on any atom is -0.465 e. The van der Waals surface area contributed by atoms with Crippen LogP contribution < -0.4 is 0 Å². The van der Waals surface area contributed by atoms with Crippen molar-refractivity contribution < 1.29 is 13.9 Å². The summed E-state index contributed by atoms with van der Waals surface area (Å²) in [6.45, 7) is 0. The molecular formula is C19H28O3. The normalized spacial score (nSPS) is 24.5. The molecule has 0 aliphatic carbocycles. The molecule has 0 amide bonds. The second-order valence-electron chi connectivity index (χ2n) is 6.06. The maximum atomic E-state index is 12.0. The van der Waals surface area contributed by atoms with E-state index in [0.717, 1.165) is 37.9 Å². The first-order valence-corrected chi connectivity index (χ1v) is 8.74. The zero-order valence-electron chi connectivity index (χ0n) is 13.5. The van der Waals surface area contributed by atoms with Crippen molar-refractivity contribution in [1.82, 2.24) is 0 Å². The number of rotatable bonds is 1. The van der Waals surface area contributed by atoms with Gasteiger partial charge in [-0.05, 0) is 50.7 Å². The Morgan fingerprint density at radius 1 is 0.909 bits per heavy atom. The Labute approximate surface area is 133 Å². The van der Waals surface area contributed by atoms with E-state index in [0.29, 0.717) is 6.42 Å². The predicted octanol–water partition coefficient (Wildman–Crippen LogP) is 5.72. The topological polar surface area (TPSA) is 39.4 Å². The number of carbonyl (C=O) groups is 1. The highest BCUT2D eigenvalue weighted by Gasteiger charge is 2.18. The lowest BCUT2D eigenvalue weighted by Crippen LogP contribution is -2.11. The third kappa shape index (κ3) is 6.50. The number of allylic oxidation sites excluding steroid dienone is 2. The van der Waals surface area contributed by atoms with Crippen LogP contribution >= 0.6 is 0 Å². The Morgan fingerprint density at radius 3 is 2.41 bits per heavy atom. The van der Waals surface area contributed by atoms with Crippen molar-refractivity contribution in [2.75, 3.05) is 0 Å². The molecule has 1 aromatic heterocycles. The molecule has 0 fully saturated rings. The Kier molecular flexibility index (Phi) is 7.86. The van der Waals surface area contributed by atoms with Gasteiger partial charge in [0, 0.05) is 6.42 Å². The largest absolute Gasteiger partial charge is 0.465 e. The van der Waals surface area contributed by atoms with E-state index in [9.17, 15) is 4.79 Å². The molecule has 0 saturated carbocycles. The molecule has 2 rings (SSSR count). The summed E-state index contributed by atoms with van der Waals surface area (Å²) in [4.78, 5) is 12.0. The Morgan fingerprint density at radius 2 is 1.64 bits per heavy atom. The number of furan rings is 1. The van der Waals surface area contributed by atoms with Crippen molar-refractivity contribution in [2.45, 2.75) is 76.7 Å². The van der Waals surface area contributed by atoms with E-state index in [2.05, 4.69) is 12.2 Å². The van der Waals surface area contributed by atoms with Crippen LogP contribution in [0.25, 0.3) is 0 Å². The summed E-state index contributed by atoms with van der Waals surface area (Å²) in [6, 6.07) is 3.74. The number of esters is 1. The molecule has 1 atom stereocenters. The first-order valence-electron chi connectivity index (χ1n) is 8.74. The van der Waals surface area contributed by atoms with Crippen LogP contribution in [0, 0.1) is 0 Å². The molecule has 0 bridgehead atoms. The molecule has 0 saturated heterocycles. The number of carbonyl (C=O) groups excluding carboxylic acids is 1. The van der Waals surface area contributed by atoms with Gasteiger partial charge in [-0.25, -0.2) is 0 Å². The second-order valence-corrected chi connectivity index (χ2v) is 6.06. The molecular weight excluding hydrogens is 276 g/mol. The Bertz CT molecular complexity index is 434. The summed E-state index contributed by atoms with van der Waals surface area (Å²) in [5, 5.41) is 0. The molecule has 1 aliphatic heterocycles. The first kappa shape index (κ1) is 16.9. The highest BCUT2D eigenvalue weighted by Crippen LogP contribution is 2.25. The molecule has 1 aromatic rings. The van der Waals surface area contributed by atoms with Gasteiger partial charge in [-0.15, -0.1) is 0 Å². The summed E-state index contributed by atoms with van der Waals surface area (Å²) in [7, 11) is 0. The average molecular weight is 304 g/mol. The van der Waals surface area contributed by atoms with Crippen molar-refractivity contribution in [1.29, 1.82) is 0 Å². The lowest BCUT2D eigenvalue weighted by molar-refractivity contribution is -0.151. The number of hydrogen-bond donors (Lipinski definition) is 0. The van der Waals surface area contributed by atoms with Crippen LogP contribution in [0.1, 0.15) is 82.5 Å². The summed E-state index contributed by atoms with van der Waals surface area (Å²) in [6.07, 6.45) is 17.7. The molecule has 3 nitrogen and oxygen atoms in total. The van der Waals surface area contributed by atoms with Crippen LogP contribution in [0.5, 0.6) is 0 Å². The summed E-state index contributed by atoms with van der Waals surface area (Å²) in [5.74, 6) is 0.669. The van der Waals surface area contributed by atoms with Crippen molar-refractivity contribution in [2.24, 2.45) is 0 Å². The average Bonchev–Trinajstić information content (AvgIpc) is 3.03. The number of ether oxygens (including phenoxy) is 1. The van der Waals surface area contributed by atoms with Gasteiger partial charge in [0.2, 0.25) is 0 Å². The highest BCUT2D eigenvalue weighted by atomic mass is 16.6. The van der Waals surface area contributed by atoms with Crippen LogP contribution in [-0.4, -0.2) is 5.97 Å². The van der Waals surface area contributed by atoms with Gasteiger partial charge in [-0.3, -0.25) is 4.79 Å². The zero-order valence-corrected chi connectivity index (χ0v) is 13.5. The van der Waals surface area contributed by atoms with Crippen LogP contribution in [0.3, 0.4) is 0 Å². The van der Waals surface area contributed by atoms with Crippen molar-refractivity contribution >= 4 is 5.97 Å². The third-order valence-electron chi connectivity index (χ3n) is 4.14. The van der Waals surface area contributed by atoms with E-state index >= 15 is 0 Å². The lowest BCUT2D eigenvalue weighted by Gasteiger charge is -2.15. The van der Waals surface area contributed by atoms with Gasteiger partial charge >= 0.3 is 5.97 Å². The molecule has 1 aliphatic rings. The second kappa shape index (κ2) is 10.3. The predicted molar refractivity (Wildman–Crippen MR) is 87.5 cm³/mol. The molecule has 0 spiro atoms.